The fourth-order valence-corrected chi connectivity index (χ4v) is 14.1. The first kappa shape index (κ1) is 98.1. The predicted octanol–water partition coefficient (Wildman–Crippen LogP) is 24.3. The van der Waals surface area contributed by atoms with Crippen LogP contribution >= 0.6 is 15.6 Å². The van der Waals surface area contributed by atoms with E-state index in [4.69, 9.17) is 37.0 Å². The van der Waals surface area contributed by atoms with Gasteiger partial charge in [0.2, 0.25) is 0 Å². The van der Waals surface area contributed by atoms with E-state index in [1.165, 1.54) is 238 Å². The number of esters is 4. The Bertz CT molecular complexity index is 1920. The summed E-state index contributed by atoms with van der Waals surface area (Å²) in [5.74, 6) is -0.741. The van der Waals surface area contributed by atoms with Crippen molar-refractivity contribution in [2.45, 2.75) is 445 Å². The first-order chi connectivity index (χ1) is 48.4. The van der Waals surface area contributed by atoms with Crippen LogP contribution in [0.3, 0.4) is 0 Å². The fourth-order valence-electron chi connectivity index (χ4n) is 12.5. The highest BCUT2D eigenvalue weighted by molar-refractivity contribution is 7.47. The van der Waals surface area contributed by atoms with Crippen molar-refractivity contribution >= 4 is 39.5 Å². The van der Waals surface area contributed by atoms with Crippen LogP contribution < -0.4 is 0 Å². The van der Waals surface area contributed by atoms with Crippen LogP contribution in [0.15, 0.2) is 0 Å². The average molecular weight is 1470 g/mol. The van der Waals surface area contributed by atoms with Gasteiger partial charge in [0.25, 0.3) is 0 Å². The Balaban J connectivity index is 5.17. The summed E-state index contributed by atoms with van der Waals surface area (Å²) in [6.07, 6.45) is 63.1. The highest BCUT2D eigenvalue weighted by Crippen LogP contribution is 2.45. The third-order valence-corrected chi connectivity index (χ3v) is 20.9. The Labute approximate surface area is 613 Å². The molecule has 19 heteroatoms. The zero-order valence-electron chi connectivity index (χ0n) is 65.5. The summed E-state index contributed by atoms with van der Waals surface area (Å²) in [7, 11) is -9.91. The van der Waals surface area contributed by atoms with Crippen molar-refractivity contribution in [2.75, 3.05) is 39.6 Å². The molecule has 0 rings (SSSR count). The average Bonchev–Trinajstić information content (AvgIpc) is 1.01. The molecule has 0 aliphatic carbocycles. The van der Waals surface area contributed by atoms with E-state index in [-0.39, 0.29) is 25.7 Å². The summed E-state index contributed by atoms with van der Waals surface area (Å²) in [6.45, 7) is 9.47. The second-order valence-corrected chi connectivity index (χ2v) is 33.0. The van der Waals surface area contributed by atoms with Gasteiger partial charge in [-0.05, 0) is 37.5 Å². The summed E-state index contributed by atoms with van der Waals surface area (Å²) in [4.78, 5) is 72.9. The second-order valence-electron chi connectivity index (χ2n) is 30.1. The van der Waals surface area contributed by atoms with Gasteiger partial charge in [0, 0.05) is 25.7 Å². The molecule has 100 heavy (non-hydrogen) atoms. The van der Waals surface area contributed by atoms with Crippen molar-refractivity contribution in [3.8, 4) is 0 Å². The molecule has 0 aromatic carbocycles. The summed E-state index contributed by atoms with van der Waals surface area (Å²) in [5, 5.41) is 10.6. The van der Waals surface area contributed by atoms with Crippen LogP contribution in [0, 0.1) is 11.8 Å². The number of phosphoric acid groups is 2. The molecule has 3 N–H and O–H groups in total. The molecule has 0 fully saturated rings. The summed E-state index contributed by atoms with van der Waals surface area (Å²) in [5.41, 5.74) is 0. The van der Waals surface area contributed by atoms with Crippen LogP contribution in [0.25, 0.3) is 0 Å². The van der Waals surface area contributed by atoms with E-state index >= 15 is 0 Å². The smallest absolute Gasteiger partial charge is 0.462 e. The number of hydrogen-bond acceptors (Lipinski definition) is 15. The number of hydrogen-bond donors (Lipinski definition) is 3. The van der Waals surface area contributed by atoms with E-state index in [9.17, 15) is 43.2 Å². The van der Waals surface area contributed by atoms with Crippen molar-refractivity contribution in [2.24, 2.45) is 11.8 Å². The Morgan fingerprint density at radius 3 is 0.680 bits per heavy atom. The molecule has 0 aliphatic heterocycles. The molecule has 0 saturated carbocycles. The molecule has 0 aromatic heterocycles. The first-order valence-corrected chi connectivity index (χ1v) is 45.0. The zero-order valence-corrected chi connectivity index (χ0v) is 67.3. The maximum atomic E-state index is 13.1. The van der Waals surface area contributed by atoms with Gasteiger partial charge >= 0.3 is 39.5 Å². The quantitative estimate of drug-likeness (QED) is 0.0222. The molecule has 0 saturated heterocycles. The van der Waals surface area contributed by atoms with Crippen LogP contribution in [-0.2, 0) is 65.4 Å². The van der Waals surface area contributed by atoms with Crippen LogP contribution in [-0.4, -0.2) is 96.7 Å². The van der Waals surface area contributed by atoms with E-state index in [0.29, 0.717) is 37.5 Å². The van der Waals surface area contributed by atoms with Crippen molar-refractivity contribution in [1.82, 2.24) is 0 Å². The van der Waals surface area contributed by atoms with Crippen molar-refractivity contribution in [3.05, 3.63) is 0 Å². The van der Waals surface area contributed by atoms with Crippen molar-refractivity contribution < 1.29 is 80.2 Å². The van der Waals surface area contributed by atoms with Gasteiger partial charge in [0.05, 0.1) is 26.4 Å². The largest absolute Gasteiger partial charge is 0.472 e. The van der Waals surface area contributed by atoms with Crippen LogP contribution in [0.1, 0.15) is 427 Å². The summed E-state index contributed by atoms with van der Waals surface area (Å²) < 4.78 is 68.6. The minimum Gasteiger partial charge on any atom is -0.462 e. The van der Waals surface area contributed by atoms with Crippen molar-refractivity contribution in [1.29, 1.82) is 0 Å². The number of rotatable bonds is 80. The van der Waals surface area contributed by atoms with E-state index in [0.717, 1.165) is 96.3 Å². The number of aliphatic hydroxyl groups excluding tert-OH is 1. The molecule has 0 radical (unpaired) electrons. The van der Waals surface area contributed by atoms with Gasteiger partial charge in [-0.1, -0.05) is 375 Å². The number of unbranched alkanes of at least 4 members (excludes halogenated alkanes) is 50. The lowest BCUT2D eigenvalue weighted by Crippen LogP contribution is -2.30. The normalized spacial score (nSPS) is 13.9. The molecular formula is C81H158O17P2. The third kappa shape index (κ3) is 74.3. The monoisotopic (exact) mass is 1470 g/mol. The molecule has 2 unspecified atom stereocenters. The maximum Gasteiger partial charge on any atom is 0.472 e. The molecule has 0 bridgehead atoms. The minimum atomic E-state index is -4.96. The Morgan fingerprint density at radius 2 is 0.460 bits per heavy atom. The maximum absolute atomic E-state index is 13.1. The third-order valence-electron chi connectivity index (χ3n) is 19.0. The number of ether oxygens (including phenoxy) is 4. The molecule has 594 valence electrons. The molecule has 0 aromatic rings. The molecule has 5 atom stereocenters. The van der Waals surface area contributed by atoms with Gasteiger partial charge in [-0.2, -0.15) is 0 Å². The highest BCUT2D eigenvalue weighted by Gasteiger charge is 2.30. The standard InChI is InChI=1S/C81H158O17P2/c1-7-9-11-13-15-17-19-21-23-25-27-29-31-33-35-37-39-41-45-53-59-65-80(85)97-76(69-91-78(83)63-57-51-44-40-38-36-34-32-30-28-26-24-22-20-18-16-14-12-10-8-2)71-95-99(87,88)93-67-75(82)68-94-100(89,90)96-72-77(70-92-79(84)64-58-52-48-47-50-56-62-74(5)6)98-81(86)66-60-54-46-42-43-49-55-61-73(3)4/h73-77,82H,7-72H2,1-6H3,(H,87,88)(H,89,90)/t75-,76-,77-/m1/s1. The Morgan fingerprint density at radius 1 is 0.270 bits per heavy atom. The molecule has 0 heterocycles. The molecule has 0 spiro atoms. The number of phosphoric ester groups is 2. The number of carbonyl (C=O) groups is 4. The lowest BCUT2D eigenvalue weighted by Gasteiger charge is -2.21. The molecule has 0 aliphatic rings. The van der Waals surface area contributed by atoms with Gasteiger partial charge in [-0.15, -0.1) is 0 Å². The van der Waals surface area contributed by atoms with Crippen LogP contribution in [0.4, 0.5) is 0 Å². The van der Waals surface area contributed by atoms with Gasteiger partial charge < -0.3 is 33.8 Å². The van der Waals surface area contributed by atoms with E-state index < -0.39 is 97.5 Å². The van der Waals surface area contributed by atoms with Crippen molar-refractivity contribution in [3.63, 3.8) is 0 Å². The highest BCUT2D eigenvalue weighted by atomic mass is 31.2. The molecule has 0 amide bonds. The topological polar surface area (TPSA) is 237 Å². The van der Waals surface area contributed by atoms with Gasteiger partial charge in [0.15, 0.2) is 12.2 Å². The predicted molar refractivity (Wildman–Crippen MR) is 409 cm³/mol. The Hall–Kier alpha value is -1.94. The lowest BCUT2D eigenvalue weighted by molar-refractivity contribution is -0.161. The van der Waals surface area contributed by atoms with Crippen LogP contribution in [0.2, 0.25) is 0 Å². The fraction of sp³-hybridized carbons (Fsp3) is 0.951. The molecular weight excluding hydrogens is 1310 g/mol. The summed E-state index contributed by atoms with van der Waals surface area (Å²) in [6, 6.07) is 0. The van der Waals surface area contributed by atoms with E-state index in [2.05, 4.69) is 41.5 Å². The van der Waals surface area contributed by atoms with Gasteiger partial charge in [-0.3, -0.25) is 37.3 Å². The Kier molecular flexibility index (Phi) is 71.2. The number of aliphatic hydroxyl groups is 1. The SMILES string of the molecule is CCCCCCCCCCCCCCCCCCCCCCCC(=O)O[C@H](COC(=O)CCCCCCCCCCCCCCCCCCCCCC)COP(=O)(O)OC[C@@H](O)COP(=O)(O)OC[C@@H](COC(=O)CCCCCCCCC(C)C)OC(=O)CCCCCCCCCC(C)C. The zero-order chi connectivity index (χ0) is 73.5. The minimum absolute atomic E-state index is 0.103. The van der Waals surface area contributed by atoms with E-state index in [1.807, 2.05) is 0 Å². The number of carbonyl (C=O) groups excluding carboxylic acids is 4. The second kappa shape index (κ2) is 72.6. The summed E-state index contributed by atoms with van der Waals surface area (Å²) >= 11 is 0. The molecule has 17 nitrogen and oxygen atoms in total. The lowest BCUT2D eigenvalue weighted by atomic mass is 10.0. The van der Waals surface area contributed by atoms with Gasteiger partial charge in [0.1, 0.15) is 19.3 Å². The van der Waals surface area contributed by atoms with Crippen LogP contribution in [0.5, 0.6) is 0 Å². The van der Waals surface area contributed by atoms with Gasteiger partial charge in [-0.25, -0.2) is 9.13 Å². The van der Waals surface area contributed by atoms with E-state index in [1.54, 1.807) is 0 Å². The first-order valence-electron chi connectivity index (χ1n) is 42.0.